The fourth-order valence-electron chi connectivity index (χ4n) is 0.749. The molecule has 0 atom stereocenters. The Kier molecular flexibility index (Phi) is 2.02. The van der Waals surface area contributed by atoms with Crippen LogP contribution in [0, 0.1) is 0 Å². The van der Waals surface area contributed by atoms with Crippen molar-refractivity contribution in [3.05, 3.63) is 23.8 Å². The van der Waals surface area contributed by atoms with Gasteiger partial charge in [-0.15, -0.1) is 11.6 Å². The maximum absolute atomic E-state index is 5.58. The number of nitrogens with two attached hydrogens (primary N) is 2. The summed E-state index contributed by atoms with van der Waals surface area (Å²) in [6, 6.07) is 5.45. The van der Waals surface area contributed by atoms with Crippen LogP contribution in [-0.4, -0.2) is 0 Å². The molecule has 0 spiro atoms. The Bertz CT molecular complexity index is 235. The van der Waals surface area contributed by atoms with Crippen molar-refractivity contribution in [2.24, 2.45) is 0 Å². The molecule has 0 aromatic heterocycles. The van der Waals surface area contributed by atoms with Gasteiger partial charge < -0.3 is 11.5 Å². The molecule has 0 bridgehead atoms. The van der Waals surface area contributed by atoms with Gasteiger partial charge in [-0.2, -0.15) is 0 Å². The Hall–Kier alpha value is -0.890. The van der Waals surface area contributed by atoms with Gasteiger partial charge in [0.05, 0.1) is 11.4 Å². The zero-order valence-corrected chi connectivity index (χ0v) is 6.23. The van der Waals surface area contributed by atoms with E-state index in [0.717, 1.165) is 5.56 Å². The van der Waals surface area contributed by atoms with Crippen LogP contribution < -0.4 is 11.5 Å². The first-order valence-corrected chi connectivity index (χ1v) is 3.48. The monoisotopic (exact) mass is 156 g/mol. The average molecular weight is 157 g/mol. The van der Waals surface area contributed by atoms with Crippen molar-refractivity contribution in [2.75, 3.05) is 11.5 Å². The van der Waals surface area contributed by atoms with Crippen LogP contribution >= 0.6 is 11.6 Å². The van der Waals surface area contributed by atoms with Gasteiger partial charge in [0, 0.05) is 5.88 Å². The first kappa shape index (κ1) is 7.22. The lowest BCUT2D eigenvalue weighted by Crippen LogP contribution is -1.97. The normalized spacial score (nSPS) is 9.70. The molecule has 54 valence electrons. The fourth-order valence-corrected chi connectivity index (χ4v) is 0.982. The van der Waals surface area contributed by atoms with Crippen LogP contribution in [0.4, 0.5) is 11.4 Å². The summed E-state index contributed by atoms with van der Waals surface area (Å²) < 4.78 is 0. The van der Waals surface area contributed by atoms with Crippen molar-refractivity contribution < 1.29 is 0 Å². The summed E-state index contributed by atoms with van der Waals surface area (Å²) in [4.78, 5) is 0. The third-order valence-corrected chi connectivity index (χ3v) is 1.66. The van der Waals surface area contributed by atoms with E-state index in [-0.39, 0.29) is 0 Å². The van der Waals surface area contributed by atoms with Gasteiger partial charge in [-0.1, -0.05) is 12.1 Å². The quantitative estimate of drug-likeness (QED) is 0.479. The number of halogens is 1. The van der Waals surface area contributed by atoms with E-state index in [1.54, 1.807) is 6.07 Å². The molecule has 0 saturated carbocycles. The maximum Gasteiger partial charge on any atom is 0.0592 e. The molecule has 0 heterocycles. The molecule has 0 fully saturated rings. The van der Waals surface area contributed by atoms with E-state index in [1.807, 2.05) is 12.1 Å². The molecule has 0 aliphatic heterocycles. The molecule has 1 aromatic carbocycles. The largest absolute Gasteiger partial charge is 0.397 e. The number of alkyl halides is 1. The lowest BCUT2D eigenvalue weighted by Gasteiger charge is -2.02. The Morgan fingerprint density at radius 3 is 2.50 bits per heavy atom. The van der Waals surface area contributed by atoms with Crippen molar-refractivity contribution in [3.63, 3.8) is 0 Å². The van der Waals surface area contributed by atoms with Crippen LogP contribution in [-0.2, 0) is 5.88 Å². The van der Waals surface area contributed by atoms with Gasteiger partial charge in [0.2, 0.25) is 0 Å². The Morgan fingerprint density at radius 1 is 1.30 bits per heavy atom. The van der Waals surface area contributed by atoms with E-state index < -0.39 is 0 Å². The Balaban J connectivity index is 3.14. The van der Waals surface area contributed by atoms with E-state index in [0.29, 0.717) is 17.3 Å². The second-order valence-corrected chi connectivity index (χ2v) is 2.32. The minimum absolute atomic E-state index is 0.414. The van der Waals surface area contributed by atoms with Gasteiger partial charge in [-0.05, 0) is 11.6 Å². The van der Waals surface area contributed by atoms with Gasteiger partial charge in [-0.3, -0.25) is 0 Å². The minimum atomic E-state index is 0.414. The van der Waals surface area contributed by atoms with E-state index in [9.17, 15) is 0 Å². The summed E-state index contributed by atoms with van der Waals surface area (Å²) in [7, 11) is 0. The zero-order chi connectivity index (χ0) is 7.56. The third-order valence-electron chi connectivity index (χ3n) is 1.37. The van der Waals surface area contributed by atoms with Crippen molar-refractivity contribution in [1.29, 1.82) is 0 Å². The highest BCUT2D eigenvalue weighted by molar-refractivity contribution is 6.17. The second kappa shape index (κ2) is 2.80. The summed E-state index contributed by atoms with van der Waals surface area (Å²) in [5, 5.41) is 0. The summed E-state index contributed by atoms with van der Waals surface area (Å²) in [5.41, 5.74) is 13.2. The van der Waals surface area contributed by atoms with Crippen molar-refractivity contribution in [1.82, 2.24) is 0 Å². The zero-order valence-electron chi connectivity index (χ0n) is 5.47. The molecule has 0 aliphatic rings. The van der Waals surface area contributed by atoms with Gasteiger partial charge in [0.1, 0.15) is 0 Å². The van der Waals surface area contributed by atoms with Crippen LogP contribution in [0.15, 0.2) is 18.2 Å². The second-order valence-electron chi connectivity index (χ2n) is 2.05. The van der Waals surface area contributed by atoms with Crippen LogP contribution in [0.3, 0.4) is 0 Å². The first-order chi connectivity index (χ1) is 4.75. The number of benzene rings is 1. The molecule has 4 N–H and O–H groups in total. The summed E-state index contributed by atoms with van der Waals surface area (Å²) >= 11 is 5.57. The molecular formula is C7H9ClN2. The Labute approximate surface area is 64.8 Å². The highest BCUT2D eigenvalue weighted by Crippen LogP contribution is 2.20. The standard InChI is InChI=1S/C7H9ClN2/c8-4-5-2-1-3-6(9)7(5)10/h1-3H,4,9-10H2. The predicted octanol–water partition coefficient (Wildman–Crippen LogP) is 1.59. The number of hydrogen-bond acceptors (Lipinski definition) is 2. The lowest BCUT2D eigenvalue weighted by molar-refractivity contribution is 1.41. The summed E-state index contributed by atoms with van der Waals surface area (Å²) in [6.45, 7) is 0. The molecular weight excluding hydrogens is 148 g/mol. The van der Waals surface area contributed by atoms with Crippen molar-refractivity contribution >= 4 is 23.0 Å². The minimum Gasteiger partial charge on any atom is -0.397 e. The highest BCUT2D eigenvalue weighted by Gasteiger charge is 1.98. The topological polar surface area (TPSA) is 52.0 Å². The summed E-state index contributed by atoms with van der Waals surface area (Å²) in [5.74, 6) is 0.414. The number of rotatable bonds is 1. The molecule has 1 rings (SSSR count). The Morgan fingerprint density at radius 2 is 2.00 bits per heavy atom. The smallest absolute Gasteiger partial charge is 0.0592 e. The molecule has 0 radical (unpaired) electrons. The van der Waals surface area contributed by atoms with Gasteiger partial charge >= 0.3 is 0 Å². The van der Waals surface area contributed by atoms with Crippen LogP contribution in [0.1, 0.15) is 5.56 Å². The number of para-hydroxylation sites is 1. The SMILES string of the molecule is Nc1cccc(CCl)c1N. The van der Waals surface area contributed by atoms with Gasteiger partial charge in [-0.25, -0.2) is 0 Å². The van der Waals surface area contributed by atoms with E-state index in [4.69, 9.17) is 23.1 Å². The first-order valence-electron chi connectivity index (χ1n) is 2.94. The number of hydrogen-bond donors (Lipinski definition) is 2. The highest BCUT2D eigenvalue weighted by atomic mass is 35.5. The molecule has 2 nitrogen and oxygen atoms in total. The molecule has 0 saturated heterocycles. The van der Waals surface area contributed by atoms with Crippen LogP contribution in [0.2, 0.25) is 0 Å². The van der Waals surface area contributed by atoms with E-state index in [1.165, 1.54) is 0 Å². The fraction of sp³-hybridized carbons (Fsp3) is 0.143. The summed E-state index contributed by atoms with van der Waals surface area (Å²) in [6.07, 6.45) is 0. The molecule has 3 heteroatoms. The van der Waals surface area contributed by atoms with Gasteiger partial charge in [0.25, 0.3) is 0 Å². The molecule has 0 unspecified atom stereocenters. The van der Waals surface area contributed by atoms with Crippen LogP contribution in [0.25, 0.3) is 0 Å². The van der Waals surface area contributed by atoms with E-state index >= 15 is 0 Å². The lowest BCUT2D eigenvalue weighted by atomic mass is 10.2. The third kappa shape index (κ3) is 1.16. The number of anilines is 2. The molecule has 10 heavy (non-hydrogen) atoms. The average Bonchev–Trinajstić information content (AvgIpc) is 1.95. The van der Waals surface area contributed by atoms with Gasteiger partial charge in [0.15, 0.2) is 0 Å². The van der Waals surface area contributed by atoms with Crippen molar-refractivity contribution in [3.8, 4) is 0 Å². The van der Waals surface area contributed by atoms with Crippen molar-refractivity contribution in [2.45, 2.75) is 5.88 Å². The molecule has 1 aromatic rings. The molecule has 0 aliphatic carbocycles. The molecule has 0 amide bonds. The number of nitrogen functional groups attached to an aromatic ring is 2. The van der Waals surface area contributed by atoms with E-state index in [2.05, 4.69) is 0 Å². The predicted molar refractivity (Wildman–Crippen MR) is 44.8 cm³/mol. The maximum atomic E-state index is 5.58. The van der Waals surface area contributed by atoms with Crippen LogP contribution in [0.5, 0.6) is 0 Å².